The minimum absolute atomic E-state index is 0.303. The predicted molar refractivity (Wildman–Crippen MR) is 111 cm³/mol. The summed E-state index contributed by atoms with van der Waals surface area (Å²) in [5, 5.41) is 15.3. The van der Waals surface area contributed by atoms with Crippen molar-refractivity contribution in [2.45, 2.75) is 5.16 Å². The monoisotopic (exact) mass is 428 g/mol. The normalized spacial score (nSPS) is 13.4. The first-order valence-electron chi connectivity index (χ1n) is 8.25. The van der Waals surface area contributed by atoms with Gasteiger partial charge in [0.15, 0.2) is 5.82 Å². The van der Waals surface area contributed by atoms with E-state index >= 15 is 0 Å². The van der Waals surface area contributed by atoms with Crippen LogP contribution < -0.4 is 5.63 Å². The first-order chi connectivity index (χ1) is 13.6. The van der Waals surface area contributed by atoms with E-state index in [4.69, 9.17) is 27.6 Å². The zero-order valence-corrected chi connectivity index (χ0v) is 16.4. The topological polar surface area (TPSA) is 73.3 Å². The second-order valence-electron chi connectivity index (χ2n) is 6.07. The minimum atomic E-state index is -0.490. The third kappa shape index (κ3) is 2.92. The molecule has 2 aromatic carbocycles. The largest absolute Gasteiger partial charge is 0.422 e. The first kappa shape index (κ1) is 17.5. The van der Waals surface area contributed by atoms with E-state index < -0.39 is 5.63 Å². The maximum Gasteiger partial charge on any atom is 0.347 e. The number of para-hydroxylation sites is 1. The Balaban J connectivity index is 1.65. The van der Waals surface area contributed by atoms with Crippen molar-refractivity contribution < 1.29 is 4.42 Å². The molecule has 2 aromatic heterocycles. The molecule has 9 heteroatoms. The third-order valence-corrected chi connectivity index (χ3v) is 5.98. The molecule has 0 fully saturated rings. The predicted octanol–water partition coefficient (Wildman–Crippen LogP) is 4.72. The molecule has 6 nitrogen and oxygen atoms in total. The molecular weight excluding hydrogens is 419 g/mol. The van der Waals surface area contributed by atoms with Gasteiger partial charge in [0, 0.05) is 16.7 Å². The number of benzene rings is 2. The number of fused-ring (bicyclic) bond motifs is 2. The second kappa shape index (κ2) is 6.77. The lowest BCUT2D eigenvalue weighted by Crippen LogP contribution is -2.15. The highest BCUT2D eigenvalue weighted by molar-refractivity contribution is 7.99. The van der Waals surface area contributed by atoms with Crippen LogP contribution in [0.4, 0.5) is 0 Å². The molecule has 0 radical (unpaired) electrons. The van der Waals surface area contributed by atoms with Crippen molar-refractivity contribution in [2.24, 2.45) is 5.10 Å². The quantitative estimate of drug-likeness (QED) is 0.432. The van der Waals surface area contributed by atoms with Gasteiger partial charge in [0.25, 0.3) is 0 Å². The summed E-state index contributed by atoms with van der Waals surface area (Å²) >= 11 is 13.6. The van der Waals surface area contributed by atoms with Crippen LogP contribution in [0.5, 0.6) is 0 Å². The lowest BCUT2D eigenvalue weighted by atomic mass is 10.1. The molecule has 0 atom stereocenters. The summed E-state index contributed by atoms with van der Waals surface area (Å²) in [4.78, 5) is 12.5. The van der Waals surface area contributed by atoms with Crippen LogP contribution in [0.3, 0.4) is 0 Å². The van der Waals surface area contributed by atoms with Crippen molar-refractivity contribution in [1.82, 2.24) is 14.9 Å². The van der Waals surface area contributed by atoms with Gasteiger partial charge >= 0.3 is 5.63 Å². The summed E-state index contributed by atoms with van der Waals surface area (Å²) in [6.07, 6.45) is 0. The maximum atomic E-state index is 12.5. The number of rotatable bonds is 2. The molecule has 1 aliphatic heterocycles. The fourth-order valence-corrected chi connectivity index (χ4v) is 4.07. The average molecular weight is 429 g/mol. The lowest BCUT2D eigenvalue weighted by Gasteiger charge is -2.14. The molecule has 0 bridgehead atoms. The molecule has 0 saturated carbocycles. The van der Waals surface area contributed by atoms with Gasteiger partial charge in [0.1, 0.15) is 11.1 Å². The standard InChI is InChI=1S/C19H10Cl2N4O2S/c20-13-6-5-10(8-14(13)21)15-9-28-19-23-22-17(25(19)24-15)12-7-11-3-1-2-4-16(11)27-18(12)26/h1-8H,9H2. The fraction of sp³-hybridized carbons (Fsp3) is 0.0526. The van der Waals surface area contributed by atoms with E-state index in [2.05, 4.69) is 15.3 Å². The molecule has 4 aromatic rings. The van der Waals surface area contributed by atoms with Gasteiger partial charge in [-0.3, -0.25) is 0 Å². The van der Waals surface area contributed by atoms with Crippen LogP contribution in [-0.2, 0) is 0 Å². The van der Waals surface area contributed by atoms with E-state index in [1.807, 2.05) is 24.3 Å². The van der Waals surface area contributed by atoms with Crippen molar-refractivity contribution in [1.29, 1.82) is 0 Å². The number of hydrogen-bond donors (Lipinski definition) is 0. The molecule has 0 aliphatic carbocycles. The number of nitrogens with zero attached hydrogens (tertiary/aromatic N) is 4. The molecule has 0 unspecified atom stereocenters. The number of aromatic nitrogens is 3. The van der Waals surface area contributed by atoms with Crippen LogP contribution in [0.1, 0.15) is 5.56 Å². The number of hydrogen-bond acceptors (Lipinski definition) is 6. The highest BCUT2D eigenvalue weighted by Crippen LogP contribution is 2.30. The Hall–Kier alpha value is -2.61. The Bertz CT molecular complexity index is 1330. The van der Waals surface area contributed by atoms with Gasteiger partial charge in [-0.1, -0.05) is 59.2 Å². The summed E-state index contributed by atoms with van der Waals surface area (Å²) in [6.45, 7) is 0. The van der Waals surface area contributed by atoms with E-state index in [1.54, 1.807) is 28.9 Å². The zero-order valence-electron chi connectivity index (χ0n) is 14.1. The molecule has 3 heterocycles. The summed E-state index contributed by atoms with van der Waals surface area (Å²) in [5.74, 6) is 0.932. The third-order valence-electron chi connectivity index (χ3n) is 4.31. The summed E-state index contributed by atoms with van der Waals surface area (Å²) < 4.78 is 6.99. The van der Waals surface area contributed by atoms with E-state index in [1.165, 1.54) is 11.8 Å². The van der Waals surface area contributed by atoms with Gasteiger partial charge in [-0.25, -0.2) is 4.79 Å². The van der Waals surface area contributed by atoms with Crippen molar-refractivity contribution in [3.8, 4) is 11.4 Å². The number of thioether (sulfide) groups is 1. The smallest absolute Gasteiger partial charge is 0.347 e. The SMILES string of the molecule is O=c1oc2ccccc2cc1-c1nnc2n1N=C(c1ccc(Cl)c(Cl)c1)CS2. The van der Waals surface area contributed by atoms with Gasteiger partial charge < -0.3 is 4.42 Å². The molecule has 28 heavy (non-hydrogen) atoms. The molecule has 0 spiro atoms. The Morgan fingerprint density at radius 1 is 1.04 bits per heavy atom. The fourth-order valence-electron chi connectivity index (χ4n) is 2.93. The Morgan fingerprint density at radius 3 is 2.75 bits per heavy atom. The van der Waals surface area contributed by atoms with Gasteiger partial charge in [0.05, 0.1) is 15.8 Å². The van der Waals surface area contributed by atoms with Gasteiger partial charge in [-0.05, 0) is 24.3 Å². The molecular formula is C19H10Cl2N4O2S. The summed E-state index contributed by atoms with van der Waals surface area (Å²) in [7, 11) is 0. The van der Waals surface area contributed by atoms with Crippen molar-refractivity contribution in [2.75, 3.05) is 5.75 Å². The van der Waals surface area contributed by atoms with Gasteiger partial charge in [-0.15, -0.1) is 10.2 Å². The zero-order chi connectivity index (χ0) is 19.3. The maximum absolute atomic E-state index is 12.5. The van der Waals surface area contributed by atoms with E-state index in [-0.39, 0.29) is 0 Å². The Morgan fingerprint density at radius 2 is 1.89 bits per heavy atom. The number of halogens is 2. The van der Waals surface area contributed by atoms with Crippen LogP contribution in [0.15, 0.2) is 68.0 Å². The summed E-state index contributed by atoms with van der Waals surface area (Å²) in [5.41, 5.74) is 1.96. The lowest BCUT2D eigenvalue weighted by molar-refractivity contribution is 0.562. The minimum Gasteiger partial charge on any atom is -0.422 e. The van der Waals surface area contributed by atoms with E-state index in [0.29, 0.717) is 37.9 Å². The highest BCUT2D eigenvalue weighted by Gasteiger charge is 2.23. The van der Waals surface area contributed by atoms with Crippen LogP contribution in [-0.4, -0.2) is 26.3 Å². The molecule has 1 aliphatic rings. The van der Waals surface area contributed by atoms with Gasteiger partial charge in [-0.2, -0.15) is 9.78 Å². The van der Waals surface area contributed by atoms with Crippen molar-refractivity contribution in [3.63, 3.8) is 0 Å². The Labute approximate surface area is 172 Å². The van der Waals surface area contributed by atoms with E-state index in [0.717, 1.165) is 16.7 Å². The Kier molecular flexibility index (Phi) is 4.23. The molecule has 0 amide bonds. The van der Waals surface area contributed by atoms with Crippen LogP contribution in [0, 0.1) is 0 Å². The van der Waals surface area contributed by atoms with Crippen LogP contribution in [0.2, 0.25) is 10.0 Å². The molecule has 5 rings (SSSR count). The van der Waals surface area contributed by atoms with Crippen molar-refractivity contribution >= 4 is 51.6 Å². The average Bonchev–Trinajstić information content (AvgIpc) is 3.12. The molecule has 0 saturated heterocycles. The first-order valence-corrected chi connectivity index (χ1v) is 9.99. The molecule has 138 valence electrons. The highest BCUT2D eigenvalue weighted by atomic mass is 35.5. The second-order valence-corrected chi connectivity index (χ2v) is 7.82. The molecule has 0 N–H and O–H groups in total. The summed E-state index contributed by atoms with van der Waals surface area (Å²) in [6, 6.07) is 14.4. The van der Waals surface area contributed by atoms with Gasteiger partial charge in [0.2, 0.25) is 5.16 Å². The van der Waals surface area contributed by atoms with Crippen LogP contribution in [0.25, 0.3) is 22.4 Å². The van der Waals surface area contributed by atoms with E-state index in [9.17, 15) is 4.79 Å². The van der Waals surface area contributed by atoms with Crippen LogP contribution >= 0.6 is 35.0 Å². The van der Waals surface area contributed by atoms with Crippen molar-refractivity contribution in [3.05, 3.63) is 74.6 Å².